The topological polar surface area (TPSA) is 104 Å². The molecule has 0 radical (unpaired) electrons. The minimum atomic E-state index is -3.03. The van der Waals surface area contributed by atoms with E-state index in [9.17, 15) is 18.0 Å². The van der Waals surface area contributed by atoms with E-state index in [1.807, 2.05) is 0 Å². The minimum absolute atomic E-state index is 0.00530. The molecule has 1 saturated heterocycles. The second kappa shape index (κ2) is 6.74. The molecule has 7 nitrogen and oxygen atoms in total. The van der Waals surface area contributed by atoms with Crippen molar-refractivity contribution in [2.45, 2.75) is 19.8 Å². The number of amides is 2. The van der Waals surface area contributed by atoms with Crippen LogP contribution < -0.4 is 5.32 Å². The molecule has 0 bridgehead atoms. The van der Waals surface area contributed by atoms with E-state index in [2.05, 4.69) is 5.32 Å². The van der Waals surface area contributed by atoms with Crippen molar-refractivity contribution in [1.82, 2.24) is 10.2 Å². The van der Waals surface area contributed by atoms with Gasteiger partial charge in [0, 0.05) is 26.1 Å². The van der Waals surface area contributed by atoms with Gasteiger partial charge in [-0.15, -0.1) is 0 Å². The van der Waals surface area contributed by atoms with Crippen LogP contribution in [-0.2, 0) is 14.6 Å². The number of aliphatic carboxylic acids is 1. The molecule has 2 amide bonds. The third-order valence-corrected chi connectivity index (χ3v) is 4.68. The van der Waals surface area contributed by atoms with Crippen LogP contribution in [0.25, 0.3) is 0 Å². The summed E-state index contributed by atoms with van der Waals surface area (Å²) in [5.41, 5.74) is 0. The molecule has 1 atom stereocenters. The fourth-order valence-electron chi connectivity index (χ4n) is 1.89. The molecule has 0 aromatic carbocycles. The van der Waals surface area contributed by atoms with E-state index in [1.165, 1.54) is 4.90 Å². The van der Waals surface area contributed by atoms with E-state index >= 15 is 0 Å². The smallest absolute Gasteiger partial charge is 0.317 e. The Balaban J connectivity index is 2.39. The molecular formula is C11H20N2O5S. The monoisotopic (exact) mass is 292 g/mol. The standard InChI is InChI=1S/C11H20N2O5S/c1-9(7-10(14)15)8-12-11(16)13-3-2-5-19(17,18)6-4-13/h9H,2-8H2,1H3,(H,12,16)(H,14,15). The Kier molecular flexibility index (Phi) is 5.59. The lowest BCUT2D eigenvalue weighted by atomic mass is 10.1. The van der Waals surface area contributed by atoms with Gasteiger partial charge in [0.1, 0.15) is 0 Å². The van der Waals surface area contributed by atoms with Crippen molar-refractivity contribution in [3.63, 3.8) is 0 Å². The first-order valence-electron chi connectivity index (χ1n) is 6.25. The molecule has 1 heterocycles. The lowest BCUT2D eigenvalue weighted by molar-refractivity contribution is -0.137. The maximum Gasteiger partial charge on any atom is 0.317 e. The molecule has 8 heteroatoms. The molecule has 1 fully saturated rings. The van der Waals surface area contributed by atoms with Crippen molar-refractivity contribution in [3.05, 3.63) is 0 Å². The van der Waals surface area contributed by atoms with Crippen LogP contribution in [0, 0.1) is 5.92 Å². The van der Waals surface area contributed by atoms with Crippen LogP contribution in [0.2, 0.25) is 0 Å². The molecule has 0 spiro atoms. The van der Waals surface area contributed by atoms with Crippen LogP contribution in [0.3, 0.4) is 0 Å². The summed E-state index contributed by atoms with van der Waals surface area (Å²) in [6.07, 6.45) is 0.440. The van der Waals surface area contributed by atoms with Gasteiger partial charge in [-0.25, -0.2) is 13.2 Å². The van der Waals surface area contributed by atoms with E-state index in [4.69, 9.17) is 5.11 Å². The molecule has 2 N–H and O–H groups in total. The van der Waals surface area contributed by atoms with Crippen LogP contribution in [0.15, 0.2) is 0 Å². The number of rotatable bonds is 4. The molecule has 0 aromatic rings. The first-order valence-corrected chi connectivity index (χ1v) is 8.07. The number of hydrogen-bond acceptors (Lipinski definition) is 4. The number of nitrogens with one attached hydrogen (secondary N) is 1. The number of nitrogens with zero attached hydrogens (tertiary/aromatic N) is 1. The van der Waals surface area contributed by atoms with Gasteiger partial charge in [0.25, 0.3) is 0 Å². The number of carboxylic acid groups (broad SMARTS) is 1. The molecule has 110 valence electrons. The number of carboxylic acids is 1. The van der Waals surface area contributed by atoms with Crippen LogP contribution in [-0.4, -0.2) is 61.6 Å². The molecular weight excluding hydrogens is 272 g/mol. The first-order chi connectivity index (χ1) is 8.80. The summed E-state index contributed by atoms with van der Waals surface area (Å²) in [4.78, 5) is 23.8. The average Bonchev–Trinajstić information content (AvgIpc) is 2.46. The highest BCUT2D eigenvalue weighted by Crippen LogP contribution is 2.06. The highest BCUT2D eigenvalue weighted by molar-refractivity contribution is 7.91. The van der Waals surface area contributed by atoms with Crippen molar-refractivity contribution in [2.75, 3.05) is 31.1 Å². The SMILES string of the molecule is CC(CNC(=O)N1CCCS(=O)(=O)CC1)CC(=O)O. The highest BCUT2D eigenvalue weighted by atomic mass is 32.2. The van der Waals surface area contributed by atoms with E-state index in [0.29, 0.717) is 13.0 Å². The summed E-state index contributed by atoms with van der Waals surface area (Å²) >= 11 is 0. The molecule has 0 saturated carbocycles. The summed E-state index contributed by atoms with van der Waals surface area (Å²) in [7, 11) is -3.03. The van der Waals surface area contributed by atoms with Gasteiger partial charge in [0.05, 0.1) is 11.5 Å². The molecule has 1 aliphatic rings. The minimum Gasteiger partial charge on any atom is -0.481 e. The lowest BCUT2D eigenvalue weighted by Crippen LogP contribution is -2.43. The third-order valence-electron chi connectivity index (χ3n) is 2.97. The predicted molar refractivity (Wildman–Crippen MR) is 69.7 cm³/mol. The third kappa shape index (κ3) is 5.91. The summed E-state index contributed by atoms with van der Waals surface area (Å²) in [6.45, 7) is 2.62. The Bertz CT molecular complexity index is 434. The highest BCUT2D eigenvalue weighted by Gasteiger charge is 2.22. The Morgan fingerprint density at radius 2 is 2.00 bits per heavy atom. The Hall–Kier alpha value is -1.31. The van der Waals surface area contributed by atoms with Gasteiger partial charge in [-0.3, -0.25) is 4.79 Å². The molecule has 0 aromatic heterocycles. The van der Waals surface area contributed by atoms with Gasteiger partial charge in [0.2, 0.25) is 0 Å². The summed E-state index contributed by atoms with van der Waals surface area (Å²) in [6, 6.07) is -0.325. The van der Waals surface area contributed by atoms with E-state index in [-0.39, 0.29) is 43.0 Å². The van der Waals surface area contributed by atoms with Gasteiger partial charge in [-0.1, -0.05) is 6.92 Å². The van der Waals surface area contributed by atoms with Crippen LogP contribution in [0.1, 0.15) is 19.8 Å². The first kappa shape index (κ1) is 15.7. The van der Waals surface area contributed by atoms with Gasteiger partial charge in [0.15, 0.2) is 9.84 Å². The number of carbonyl (C=O) groups excluding carboxylic acids is 1. The number of hydrogen-bond donors (Lipinski definition) is 2. The van der Waals surface area contributed by atoms with Crippen LogP contribution >= 0.6 is 0 Å². The Morgan fingerprint density at radius 1 is 1.32 bits per heavy atom. The van der Waals surface area contributed by atoms with Crippen molar-refractivity contribution < 1.29 is 23.1 Å². The zero-order valence-corrected chi connectivity index (χ0v) is 11.8. The van der Waals surface area contributed by atoms with Gasteiger partial charge in [-0.05, 0) is 12.3 Å². The van der Waals surface area contributed by atoms with Gasteiger partial charge in [-0.2, -0.15) is 0 Å². The lowest BCUT2D eigenvalue weighted by Gasteiger charge is -2.21. The Labute approximate surface area is 112 Å². The average molecular weight is 292 g/mol. The summed E-state index contributed by atoms with van der Waals surface area (Å²) in [5.74, 6) is -0.947. The van der Waals surface area contributed by atoms with Gasteiger partial charge >= 0.3 is 12.0 Å². The quantitative estimate of drug-likeness (QED) is 0.754. The van der Waals surface area contributed by atoms with Crippen molar-refractivity contribution in [1.29, 1.82) is 0 Å². The largest absolute Gasteiger partial charge is 0.481 e. The number of urea groups is 1. The molecule has 0 aliphatic carbocycles. The normalized spacial score (nSPS) is 20.4. The number of carbonyl (C=O) groups is 2. The molecule has 1 rings (SSSR count). The number of sulfone groups is 1. The van der Waals surface area contributed by atoms with Crippen molar-refractivity contribution >= 4 is 21.8 Å². The molecule has 1 aliphatic heterocycles. The zero-order valence-electron chi connectivity index (χ0n) is 11.0. The maximum atomic E-state index is 11.8. The van der Waals surface area contributed by atoms with E-state index < -0.39 is 15.8 Å². The predicted octanol–water partition coefficient (Wildman–Crippen LogP) is -0.0727. The fraction of sp³-hybridized carbons (Fsp3) is 0.818. The van der Waals surface area contributed by atoms with E-state index in [1.54, 1.807) is 6.92 Å². The van der Waals surface area contributed by atoms with Gasteiger partial charge < -0.3 is 15.3 Å². The van der Waals surface area contributed by atoms with Crippen molar-refractivity contribution in [2.24, 2.45) is 5.92 Å². The Morgan fingerprint density at radius 3 is 2.63 bits per heavy atom. The second-order valence-corrected chi connectivity index (χ2v) is 7.19. The molecule has 1 unspecified atom stereocenters. The zero-order chi connectivity index (χ0) is 14.5. The second-order valence-electron chi connectivity index (χ2n) is 4.88. The maximum absolute atomic E-state index is 11.8. The van der Waals surface area contributed by atoms with Crippen LogP contribution in [0.5, 0.6) is 0 Å². The van der Waals surface area contributed by atoms with Crippen LogP contribution in [0.4, 0.5) is 4.79 Å². The molecule has 19 heavy (non-hydrogen) atoms. The fourth-order valence-corrected chi connectivity index (χ4v) is 3.16. The van der Waals surface area contributed by atoms with Crippen molar-refractivity contribution in [3.8, 4) is 0 Å². The summed E-state index contributed by atoms with van der Waals surface area (Å²) in [5, 5.41) is 11.2. The summed E-state index contributed by atoms with van der Waals surface area (Å²) < 4.78 is 22.8. The van der Waals surface area contributed by atoms with E-state index in [0.717, 1.165) is 0 Å².